The lowest BCUT2D eigenvalue weighted by Gasteiger charge is -2.25. The number of nitrogens with two attached hydrogens (primary N) is 1. The summed E-state index contributed by atoms with van der Waals surface area (Å²) in [6.45, 7) is 3.36. The number of benzene rings is 1. The average Bonchev–Trinajstić information content (AvgIpc) is 2.69. The van der Waals surface area contributed by atoms with Crippen molar-refractivity contribution in [1.82, 2.24) is 4.90 Å². The molecule has 2 unspecified atom stereocenters. The van der Waals surface area contributed by atoms with Crippen LogP contribution in [0.4, 0.5) is 0 Å². The van der Waals surface area contributed by atoms with Gasteiger partial charge in [-0.25, -0.2) is 0 Å². The Morgan fingerprint density at radius 3 is 3.00 bits per heavy atom. The third kappa shape index (κ3) is 2.26. The number of hydrogen-bond acceptors (Lipinski definition) is 3. The maximum Gasteiger partial charge on any atom is 0.254 e. The van der Waals surface area contributed by atoms with E-state index in [2.05, 4.69) is 6.92 Å². The molecule has 1 fully saturated rings. The molecule has 4 heteroatoms. The Balaban J connectivity index is 2.20. The van der Waals surface area contributed by atoms with Crippen LogP contribution < -0.4 is 5.73 Å². The van der Waals surface area contributed by atoms with Crippen LogP contribution in [0.25, 0.3) is 0 Å². The van der Waals surface area contributed by atoms with Crippen molar-refractivity contribution in [3.05, 3.63) is 29.8 Å². The van der Waals surface area contributed by atoms with E-state index in [-0.39, 0.29) is 17.7 Å². The highest BCUT2D eigenvalue weighted by Gasteiger charge is 2.33. The van der Waals surface area contributed by atoms with E-state index in [1.165, 1.54) is 6.07 Å². The average molecular weight is 234 g/mol. The number of carbonyl (C=O) groups is 1. The van der Waals surface area contributed by atoms with Crippen molar-refractivity contribution in [3.8, 4) is 5.75 Å². The molecule has 2 rings (SSSR count). The van der Waals surface area contributed by atoms with Crippen molar-refractivity contribution in [2.45, 2.75) is 19.4 Å². The molecule has 1 aliphatic rings. The molecule has 0 aromatic heterocycles. The SMILES string of the molecule is CC1CCN(C(=O)c2cccc(O)c2)C1CN. The van der Waals surface area contributed by atoms with Gasteiger partial charge in [-0.1, -0.05) is 13.0 Å². The minimum Gasteiger partial charge on any atom is -0.508 e. The number of hydrogen-bond donors (Lipinski definition) is 2. The fraction of sp³-hybridized carbons (Fsp3) is 0.462. The Bertz CT molecular complexity index is 420. The molecule has 1 aliphatic heterocycles. The molecule has 1 aromatic carbocycles. The first-order valence-electron chi connectivity index (χ1n) is 5.93. The molecule has 1 saturated heterocycles. The van der Waals surface area contributed by atoms with E-state index in [1.807, 2.05) is 4.90 Å². The number of rotatable bonds is 2. The van der Waals surface area contributed by atoms with Crippen LogP contribution in [0.1, 0.15) is 23.7 Å². The summed E-state index contributed by atoms with van der Waals surface area (Å²) < 4.78 is 0. The Morgan fingerprint density at radius 2 is 2.35 bits per heavy atom. The number of phenols is 1. The fourth-order valence-corrected chi connectivity index (χ4v) is 2.42. The zero-order valence-electron chi connectivity index (χ0n) is 9.97. The third-order valence-corrected chi connectivity index (χ3v) is 3.48. The zero-order chi connectivity index (χ0) is 12.4. The van der Waals surface area contributed by atoms with Crippen LogP contribution in [0.5, 0.6) is 5.75 Å². The molecule has 1 amide bonds. The first-order chi connectivity index (χ1) is 8.13. The molecule has 0 spiro atoms. The predicted octanol–water partition coefficient (Wildman–Crippen LogP) is 1.20. The van der Waals surface area contributed by atoms with E-state index in [0.717, 1.165) is 13.0 Å². The summed E-state index contributed by atoms with van der Waals surface area (Å²) in [4.78, 5) is 14.1. The van der Waals surface area contributed by atoms with Gasteiger partial charge in [-0.15, -0.1) is 0 Å². The molecule has 0 radical (unpaired) electrons. The minimum absolute atomic E-state index is 0.0410. The quantitative estimate of drug-likeness (QED) is 0.808. The van der Waals surface area contributed by atoms with Crippen molar-refractivity contribution in [2.75, 3.05) is 13.1 Å². The molecule has 4 nitrogen and oxygen atoms in total. The van der Waals surface area contributed by atoms with E-state index < -0.39 is 0 Å². The van der Waals surface area contributed by atoms with Gasteiger partial charge in [0.1, 0.15) is 5.75 Å². The summed E-state index contributed by atoms with van der Waals surface area (Å²) in [7, 11) is 0. The Kier molecular flexibility index (Phi) is 3.33. The van der Waals surface area contributed by atoms with Crippen LogP contribution in [-0.4, -0.2) is 35.0 Å². The largest absolute Gasteiger partial charge is 0.508 e. The number of likely N-dealkylation sites (tertiary alicyclic amines) is 1. The standard InChI is InChI=1S/C13H18N2O2/c1-9-5-6-15(12(9)8-14)13(17)10-3-2-4-11(16)7-10/h2-4,7,9,12,16H,5-6,8,14H2,1H3. The summed E-state index contributed by atoms with van der Waals surface area (Å²) in [5.41, 5.74) is 6.24. The summed E-state index contributed by atoms with van der Waals surface area (Å²) in [5, 5.41) is 9.38. The van der Waals surface area contributed by atoms with Gasteiger partial charge in [-0.05, 0) is 30.5 Å². The van der Waals surface area contributed by atoms with Crippen molar-refractivity contribution < 1.29 is 9.90 Å². The van der Waals surface area contributed by atoms with E-state index in [0.29, 0.717) is 18.0 Å². The first kappa shape index (κ1) is 11.9. The molecule has 0 aliphatic carbocycles. The van der Waals surface area contributed by atoms with Gasteiger partial charge >= 0.3 is 0 Å². The Hall–Kier alpha value is -1.55. The molecule has 0 bridgehead atoms. The number of phenolic OH excluding ortho intramolecular Hbond substituents is 1. The number of aromatic hydroxyl groups is 1. The highest BCUT2D eigenvalue weighted by atomic mass is 16.3. The van der Waals surface area contributed by atoms with Gasteiger partial charge in [0.25, 0.3) is 5.91 Å². The van der Waals surface area contributed by atoms with Crippen molar-refractivity contribution >= 4 is 5.91 Å². The predicted molar refractivity (Wildman–Crippen MR) is 65.8 cm³/mol. The van der Waals surface area contributed by atoms with Crippen LogP contribution in [0.3, 0.4) is 0 Å². The van der Waals surface area contributed by atoms with Gasteiger partial charge in [0.15, 0.2) is 0 Å². The van der Waals surface area contributed by atoms with Gasteiger partial charge < -0.3 is 15.7 Å². The van der Waals surface area contributed by atoms with Crippen LogP contribution >= 0.6 is 0 Å². The normalized spacial score (nSPS) is 24.0. The second-order valence-corrected chi connectivity index (χ2v) is 4.62. The number of amides is 1. The highest BCUT2D eigenvalue weighted by Crippen LogP contribution is 2.25. The maximum atomic E-state index is 12.3. The maximum absolute atomic E-state index is 12.3. The van der Waals surface area contributed by atoms with Crippen LogP contribution in [-0.2, 0) is 0 Å². The Labute approximate surface area is 101 Å². The first-order valence-corrected chi connectivity index (χ1v) is 5.93. The molecular weight excluding hydrogens is 216 g/mol. The fourth-order valence-electron chi connectivity index (χ4n) is 2.42. The molecule has 0 saturated carbocycles. The highest BCUT2D eigenvalue weighted by molar-refractivity contribution is 5.95. The van der Waals surface area contributed by atoms with Gasteiger partial charge in [0.2, 0.25) is 0 Å². The third-order valence-electron chi connectivity index (χ3n) is 3.48. The summed E-state index contributed by atoms with van der Waals surface area (Å²) in [6.07, 6.45) is 0.992. The summed E-state index contributed by atoms with van der Waals surface area (Å²) in [6, 6.07) is 6.57. The van der Waals surface area contributed by atoms with Crippen molar-refractivity contribution in [1.29, 1.82) is 0 Å². The smallest absolute Gasteiger partial charge is 0.254 e. The second-order valence-electron chi connectivity index (χ2n) is 4.62. The number of nitrogens with zero attached hydrogens (tertiary/aromatic N) is 1. The van der Waals surface area contributed by atoms with Crippen molar-refractivity contribution in [3.63, 3.8) is 0 Å². The molecule has 1 heterocycles. The van der Waals surface area contributed by atoms with Crippen LogP contribution in [0, 0.1) is 5.92 Å². The molecular formula is C13H18N2O2. The second kappa shape index (κ2) is 4.75. The minimum atomic E-state index is -0.0410. The molecule has 1 aromatic rings. The van der Waals surface area contributed by atoms with Crippen molar-refractivity contribution in [2.24, 2.45) is 11.7 Å². The van der Waals surface area contributed by atoms with E-state index in [4.69, 9.17) is 5.73 Å². The van der Waals surface area contributed by atoms with Gasteiger partial charge in [0, 0.05) is 24.7 Å². The van der Waals surface area contributed by atoms with Gasteiger partial charge in [-0.3, -0.25) is 4.79 Å². The monoisotopic (exact) mass is 234 g/mol. The summed E-state index contributed by atoms with van der Waals surface area (Å²) >= 11 is 0. The van der Waals surface area contributed by atoms with E-state index in [9.17, 15) is 9.90 Å². The van der Waals surface area contributed by atoms with Gasteiger partial charge in [-0.2, -0.15) is 0 Å². The molecule has 3 N–H and O–H groups in total. The van der Waals surface area contributed by atoms with Gasteiger partial charge in [0.05, 0.1) is 0 Å². The Morgan fingerprint density at radius 1 is 1.59 bits per heavy atom. The topological polar surface area (TPSA) is 66.6 Å². The molecule has 17 heavy (non-hydrogen) atoms. The van der Waals surface area contributed by atoms with Crippen LogP contribution in [0.2, 0.25) is 0 Å². The number of carbonyl (C=O) groups excluding carboxylic acids is 1. The lowest BCUT2D eigenvalue weighted by Crippen LogP contribution is -2.42. The zero-order valence-corrected chi connectivity index (χ0v) is 9.97. The summed E-state index contributed by atoms with van der Waals surface area (Å²) in [5.74, 6) is 0.523. The van der Waals surface area contributed by atoms with E-state index >= 15 is 0 Å². The molecule has 92 valence electrons. The van der Waals surface area contributed by atoms with Crippen LogP contribution in [0.15, 0.2) is 24.3 Å². The lowest BCUT2D eigenvalue weighted by atomic mass is 10.0. The molecule has 2 atom stereocenters. The van der Waals surface area contributed by atoms with E-state index in [1.54, 1.807) is 18.2 Å². The lowest BCUT2D eigenvalue weighted by molar-refractivity contribution is 0.0727.